The maximum absolute atomic E-state index is 12.7. The summed E-state index contributed by atoms with van der Waals surface area (Å²) in [4.78, 5) is 12.7. The molecule has 0 saturated heterocycles. The number of carbonyl (C=O) groups is 1. The van der Waals surface area contributed by atoms with Crippen molar-refractivity contribution in [3.63, 3.8) is 0 Å². The quantitative estimate of drug-likeness (QED) is 0.693. The summed E-state index contributed by atoms with van der Waals surface area (Å²) < 4.78 is 6.79. The fourth-order valence-corrected chi connectivity index (χ4v) is 2.36. The van der Waals surface area contributed by atoms with Crippen molar-refractivity contribution >= 4 is 5.78 Å². The monoisotopic (exact) mass is 292 g/mol. The first-order valence-electron chi connectivity index (χ1n) is 6.97. The molecule has 4 nitrogen and oxygen atoms in total. The number of benzene rings is 2. The van der Waals surface area contributed by atoms with Crippen LogP contribution in [0.4, 0.5) is 0 Å². The summed E-state index contributed by atoms with van der Waals surface area (Å²) in [5, 5.41) is 4.34. The number of ether oxygens (including phenoxy) is 1. The van der Waals surface area contributed by atoms with Gasteiger partial charge in [0.05, 0.1) is 7.11 Å². The number of rotatable bonds is 4. The number of hydrogen-bond donors (Lipinski definition) is 0. The lowest BCUT2D eigenvalue weighted by atomic mass is 10.0. The summed E-state index contributed by atoms with van der Waals surface area (Å²) in [6, 6.07) is 16.9. The van der Waals surface area contributed by atoms with Gasteiger partial charge in [0.2, 0.25) is 5.78 Å². The second-order valence-corrected chi connectivity index (χ2v) is 4.99. The van der Waals surface area contributed by atoms with Crippen molar-refractivity contribution in [1.29, 1.82) is 0 Å². The molecule has 0 spiro atoms. The van der Waals surface area contributed by atoms with Crippen molar-refractivity contribution in [2.45, 2.75) is 0 Å². The van der Waals surface area contributed by atoms with Crippen LogP contribution in [-0.4, -0.2) is 22.7 Å². The summed E-state index contributed by atoms with van der Waals surface area (Å²) in [7, 11) is 3.42. The van der Waals surface area contributed by atoms with Gasteiger partial charge in [0.1, 0.15) is 11.4 Å². The van der Waals surface area contributed by atoms with E-state index in [1.807, 2.05) is 43.6 Å². The standard InChI is InChI=1S/C18H16N2O2/c1-20-12-16(13-6-4-3-5-7-13)17(19-20)18(21)14-8-10-15(22-2)11-9-14/h3-12H,1-2H3. The molecule has 1 aromatic heterocycles. The van der Waals surface area contributed by atoms with Crippen LogP contribution in [0.15, 0.2) is 60.8 Å². The van der Waals surface area contributed by atoms with Crippen molar-refractivity contribution in [2.75, 3.05) is 7.11 Å². The van der Waals surface area contributed by atoms with Crippen molar-refractivity contribution < 1.29 is 9.53 Å². The largest absolute Gasteiger partial charge is 0.497 e. The minimum atomic E-state index is -0.0953. The molecular formula is C18H16N2O2. The molecule has 0 aliphatic rings. The maximum Gasteiger partial charge on any atom is 0.213 e. The van der Waals surface area contributed by atoms with Crippen LogP contribution >= 0.6 is 0 Å². The fourth-order valence-electron chi connectivity index (χ4n) is 2.36. The van der Waals surface area contributed by atoms with Gasteiger partial charge >= 0.3 is 0 Å². The molecular weight excluding hydrogens is 276 g/mol. The van der Waals surface area contributed by atoms with Gasteiger partial charge in [-0.2, -0.15) is 5.10 Å². The van der Waals surface area contributed by atoms with E-state index < -0.39 is 0 Å². The van der Waals surface area contributed by atoms with E-state index in [1.54, 1.807) is 36.1 Å². The molecule has 0 radical (unpaired) electrons. The smallest absolute Gasteiger partial charge is 0.213 e. The van der Waals surface area contributed by atoms with Crippen LogP contribution in [0.3, 0.4) is 0 Å². The van der Waals surface area contributed by atoms with Crippen molar-refractivity contribution in [2.24, 2.45) is 7.05 Å². The third kappa shape index (κ3) is 2.63. The highest BCUT2D eigenvalue weighted by molar-refractivity contribution is 6.11. The van der Waals surface area contributed by atoms with Crippen molar-refractivity contribution in [3.8, 4) is 16.9 Å². The van der Waals surface area contributed by atoms with Gasteiger partial charge < -0.3 is 4.74 Å². The van der Waals surface area contributed by atoms with Crippen LogP contribution < -0.4 is 4.74 Å². The van der Waals surface area contributed by atoms with Crippen molar-refractivity contribution in [1.82, 2.24) is 9.78 Å². The molecule has 0 bridgehead atoms. The second kappa shape index (κ2) is 5.85. The number of aryl methyl sites for hydroxylation is 1. The molecule has 0 saturated carbocycles. The predicted molar refractivity (Wildman–Crippen MR) is 85.1 cm³/mol. The van der Waals surface area contributed by atoms with Crippen LogP contribution in [0, 0.1) is 0 Å². The predicted octanol–water partition coefficient (Wildman–Crippen LogP) is 3.33. The Balaban J connectivity index is 2.02. The Hall–Kier alpha value is -2.88. The molecule has 110 valence electrons. The third-order valence-electron chi connectivity index (χ3n) is 3.48. The molecule has 3 rings (SSSR count). The lowest BCUT2D eigenvalue weighted by Crippen LogP contribution is -2.04. The Labute approximate surface area is 129 Å². The number of nitrogens with zero attached hydrogens (tertiary/aromatic N) is 2. The highest BCUT2D eigenvalue weighted by Crippen LogP contribution is 2.25. The van der Waals surface area contributed by atoms with Gasteiger partial charge in [0.25, 0.3) is 0 Å². The molecule has 0 atom stereocenters. The van der Waals surface area contributed by atoms with Gasteiger partial charge in [-0.25, -0.2) is 0 Å². The Bertz CT molecular complexity index is 790. The fraction of sp³-hybridized carbons (Fsp3) is 0.111. The van der Waals surface area contributed by atoms with E-state index in [0.29, 0.717) is 11.3 Å². The Morgan fingerprint density at radius 1 is 1.05 bits per heavy atom. The Morgan fingerprint density at radius 2 is 1.73 bits per heavy atom. The van der Waals surface area contributed by atoms with Gasteiger partial charge in [-0.15, -0.1) is 0 Å². The zero-order valence-corrected chi connectivity index (χ0v) is 12.5. The average molecular weight is 292 g/mol. The van der Waals surface area contributed by atoms with E-state index in [0.717, 1.165) is 16.9 Å². The average Bonchev–Trinajstić information content (AvgIpc) is 2.97. The first-order chi connectivity index (χ1) is 10.7. The van der Waals surface area contributed by atoms with Crippen LogP contribution in [0.1, 0.15) is 16.1 Å². The molecule has 0 aliphatic heterocycles. The molecule has 0 fully saturated rings. The molecule has 2 aromatic carbocycles. The zero-order chi connectivity index (χ0) is 15.5. The number of ketones is 1. The minimum absolute atomic E-state index is 0.0953. The molecule has 3 aromatic rings. The summed E-state index contributed by atoms with van der Waals surface area (Å²) in [6.07, 6.45) is 1.87. The third-order valence-corrected chi connectivity index (χ3v) is 3.48. The van der Waals surface area contributed by atoms with Crippen LogP contribution in [0.5, 0.6) is 5.75 Å². The number of aromatic nitrogens is 2. The minimum Gasteiger partial charge on any atom is -0.497 e. The van der Waals surface area contributed by atoms with Crippen LogP contribution in [0.2, 0.25) is 0 Å². The first kappa shape index (κ1) is 14.1. The molecule has 0 aliphatic carbocycles. The summed E-state index contributed by atoms with van der Waals surface area (Å²) in [5.41, 5.74) is 2.87. The topological polar surface area (TPSA) is 44.1 Å². The van der Waals surface area contributed by atoms with E-state index in [1.165, 1.54) is 0 Å². The molecule has 1 heterocycles. The highest BCUT2D eigenvalue weighted by atomic mass is 16.5. The van der Waals surface area contributed by atoms with Crippen LogP contribution in [0.25, 0.3) is 11.1 Å². The molecule has 0 unspecified atom stereocenters. The zero-order valence-electron chi connectivity index (χ0n) is 12.5. The van der Waals surface area contributed by atoms with Gasteiger partial charge in [-0.05, 0) is 29.8 Å². The van der Waals surface area contributed by atoms with Gasteiger partial charge in [-0.1, -0.05) is 30.3 Å². The Kier molecular flexibility index (Phi) is 3.74. The van der Waals surface area contributed by atoms with Crippen LogP contribution in [-0.2, 0) is 7.05 Å². The van der Waals surface area contributed by atoms with Gasteiger partial charge in [0.15, 0.2) is 0 Å². The van der Waals surface area contributed by atoms with Gasteiger partial charge in [0, 0.05) is 24.4 Å². The summed E-state index contributed by atoms with van der Waals surface area (Å²) in [5.74, 6) is 0.628. The van der Waals surface area contributed by atoms with E-state index in [2.05, 4.69) is 5.10 Å². The van der Waals surface area contributed by atoms with Crippen molar-refractivity contribution in [3.05, 3.63) is 72.1 Å². The highest BCUT2D eigenvalue weighted by Gasteiger charge is 2.18. The SMILES string of the molecule is COc1ccc(C(=O)c2nn(C)cc2-c2ccccc2)cc1. The van der Waals surface area contributed by atoms with E-state index >= 15 is 0 Å². The summed E-state index contributed by atoms with van der Waals surface area (Å²) >= 11 is 0. The number of hydrogen-bond acceptors (Lipinski definition) is 3. The molecule has 22 heavy (non-hydrogen) atoms. The second-order valence-electron chi connectivity index (χ2n) is 4.99. The summed E-state index contributed by atoms with van der Waals surface area (Å²) in [6.45, 7) is 0. The lowest BCUT2D eigenvalue weighted by Gasteiger charge is -2.04. The number of carbonyl (C=O) groups excluding carboxylic acids is 1. The molecule has 4 heteroatoms. The van der Waals surface area contributed by atoms with Gasteiger partial charge in [-0.3, -0.25) is 9.48 Å². The maximum atomic E-state index is 12.7. The van der Waals surface area contributed by atoms with E-state index in [4.69, 9.17) is 4.74 Å². The normalized spacial score (nSPS) is 10.5. The Morgan fingerprint density at radius 3 is 2.36 bits per heavy atom. The molecule has 0 N–H and O–H groups in total. The first-order valence-corrected chi connectivity index (χ1v) is 6.97. The molecule has 0 amide bonds. The van der Waals surface area contributed by atoms with E-state index in [9.17, 15) is 4.79 Å². The van der Waals surface area contributed by atoms with E-state index in [-0.39, 0.29) is 5.78 Å². The lowest BCUT2D eigenvalue weighted by molar-refractivity contribution is 0.103. The number of methoxy groups -OCH3 is 1.